The van der Waals surface area contributed by atoms with Gasteiger partial charge in [-0.3, -0.25) is 4.99 Å². The maximum absolute atomic E-state index is 9.44. The summed E-state index contributed by atoms with van der Waals surface area (Å²) < 4.78 is 0. The molecule has 1 aliphatic heterocycles. The second-order valence-corrected chi connectivity index (χ2v) is 8.50. The number of aryl methyl sites for hydroxylation is 1. The molecule has 1 saturated heterocycles. The van der Waals surface area contributed by atoms with E-state index in [1.165, 1.54) is 42.4 Å². The van der Waals surface area contributed by atoms with Crippen LogP contribution in [0.5, 0.6) is 0 Å². The van der Waals surface area contributed by atoms with E-state index >= 15 is 0 Å². The predicted octanol–water partition coefficient (Wildman–Crippen LogP) is 0.346. The van der Waals surface area contributed by atoms with Gasteiger partial charge in [0.15, 0.2) is 0 Å². The average Bonchev–Trinajstić information content (AvgIpc) is 3.28. The molecule has 0 saturated carbocycles. The van der Waals surface area contributed by atoms with E-state index in [2.05, 4.69) is 40.6 Å². The van der Waals surface area contributed by atoms with Gasteiger partial charge in [0.1, 0.15) is 43.1 Å². The molecule has 3 rings (SSSR count). The quantitative estimate of drug-likeness (QED) is 0.716. The first kappa shape index (κ1) is 18.2. The smallest absolute Gasteiger partial charge is 0.142 e. The number of likely N-dealkylation sites (N-methyl/N-ethyl adjacent to an activating group) is 1. The van der Waals surface area contributed by atoms with Crippen LogP contribution in [0.15, 0.2) is 27.9 Å². The van der Waals surface area contributed by atoms with E-state index in [-0.39, 0.29) is 5.92 Å². The molecule has 1 aliphatic rings. The molecule has 7 heteroatoms. The van der Waals surface area contributed by atoms with Gasteiger partial charge in [-0.2, -0.15) is 5.26 Å². The van der Waals surface area contributed by atoms with Crippen molar-refractivity contribution in [3.05, 3.63) is 38.5 Å². The third kappa shape index (κ3) is 4.73. The number of nitrogens with zero attached hydrogens (tertiary/aromatic N) is 3. The Morgan fingerprint density at radius 3 is 2.76 bits per heavy atom. The zero-order chi connectivity index (χ0) is 17.6. The lowest BCUT2D eigenvalue weighted by molar-refractivity contribution is -1.02. The first-order valence-corrected chi connectivity index (χ1v) is 10.4. The van der Waals surface area contributed by atoms with Crippen LogP contribution in [0, 0.1) is 18.3 Å². The summed E-state index contributed by atoms with van der Waals surface area (Å²) in [5.41, 5.74) is 0.967. The van der Waals surface area contributed by atoms with Gasteiger partial charge in [0, 0.05) is 17.3 Å². The summed E-state index contributed by atoms with van der Waals surface area (Å²) in [4.78, 5) is 13.7. The van der Waals surface area contributed by atoms with Gasteiger partial charge in [0.05, 0.1) is 24.5 Å². The molecule has 0 amide bonds. The molecule has 25 heavy (non-hydrogen) atoms. The van der Waals surface area contributed by atoms with Crippen molar-refractivity contribution < 1.29 is 9.80 Å². The van der Waals surface area contributed by atoms with E-state index in [0.717, 1.165) is 17.2 Å². The number of aromatic nitrogens is 1. The summed E-state index contributed by atoms with van der Waals surface area (Å²) >= 11 is 3.35. The Labute approximate surface area is 157 Å². The number of hydrogen-bond donors (Lipinski definition) is 2. The van der Waals surface area contributed by atoms with Crippen LogP contribution >= 0.6 is 22.7 Å². The summed E-state index contributed by atoms with van der Waals surface area (Å²) in [6, 6.07) is 7.04. The Morgan fingerprint density at radius 2 is 2.16 bits per heavy atom. The monoisotopic (exact) mass is 375 g/mol. The van der Waals surface area contributed by atoms with Crippen molar-refractivity contribution in [2.45, 2.75) is 18.9 Å². The van der Waals surface area contributed by atoms with Gasteiger partial charge in [0.2, 0.25) is 0 Å². The molecule has 0 aromatic carbocycles. The fourth-order valence-electron chi connectivity index (χ4n) is 3.20. The number of nitrogens with one attached hydrogen (secondary N) is 2. The maximum atomic E-state index is 9.44. The fraction of sp³-hybridized carbons (Fsp3) is 0.500. The van der Waals surface area contributed by atoms with Gasteiger partial charge in [-0.05, 0) is 18.4 Å². The zero-order valence-electron chi connectivity index (χ0n) is 14.7. The molecular formula is C18H25N5S2+2. The number of hydrogen-bond acceptors (Lipinski definition) is 5. The van der Waals surface area contributed by atoms with Gasteiger partial charge < -0.3 is 9.80 Å². The Balaban J connectivity index is 1.69. The lowest BCUT2D eigenvalue weighted by Crippen LogP contribution is -3.27. The first-order chi connectivity index (χ1) is 12.2. The molecule has 0 spiro atoms. The number of piperazine rings is 1. The first-order valence-electron chi connectivity index (χ1n) is 8.68. The Hall–Kier alpha value is -1.59. The molecular weight excluding hydrogens is 350 g/mol. The van der Waals surface area contributed by atoms with E-state index in [1.54, 1.807) is 16.0 Å². The lowest BCUT2D eigenvalue weighted by Gasteiger charge is -2.32. The van der Waals surface area contributed by atoms with Crippen molar-refractivity contribution in [1.29, 1.82) is 5.26 Å². The van der Waals surface area contributed by atoms with Crippen LogP contribution in [0.25, 0.3) is 0 Å². The largest absolute Gasteiger partial charge is 0.328 e. The normalized spacial score (nSPS) is 23.4. The van der Waals surface area contributed by atoms with Crippen LogP contribution in [0.2, 0.25) is 0 Å². The zero-order valence-corrected chi connectivity index (χ0v) is 16.4. The molecule has 3 heterocycles. The SMILES string of the molecule is Cc1csc([C@@H](C#N)C=NC[C@@H](c2cccs2)[NH+]2CC[NH+](C)CC2)n1. The molecule has 2 atom stereocenters. The average molecular weight is 376 g/mol. The van der Waals surface area contributed by atoms with Crippen LogP contribution < -0.4 is 9.80 Å². The minimum atomic E-state index is -0.338. The van der Waals surface area contributed by atoms with Crippen LogP contribution in [-0.4, -0.2) is 51.0 Å². The summed E-state index contributed by atoms with van der Waals surface area (Å²) in [7, 11) is 2.27. The summed E-state index contributed by atoms with van der Waals surface area (Å²) in [6.45, 7) is 7.46. The van der Waals surface area contributed by atoms with E-state index in [9.17, 15) is 5.26 Å². The Bertz CT molecular complexity index is 723. The molecule has 0 aliphatic carbocycles. The van der Waals surface area contributed by atoms with Gasteiger partial charge in [-0.1, -0.05) is 6.07 Å². The number of nitriles is 1. The molecule has 0 unspecified atom stereocenters. The molecule has 1 fully saturated rings. The molecule has 2 N–H and O–H groups in total. The van der Waals surface area contributed by atoms with Gasteiger partial charge >= 0.3 is 0 Å². The standard InChI is InChI=1S/C18H23N5S2/c1-14-13-25-18(21-14)15(10-19)11-20-12-16(17-4-3-9-24-17)23-7-5-22(2)6-8-23/h3-4,9,11,13,15-16H,5-8,12H2,1-2H3/p+2/t15-,16-/m0/s1. The molecule has 5 nitrogen and oxygen atoms in total. The number of quaternary nitrogens is 2. The number of rotatable bonds is 6. The molecule has 132 valence electrons. The fourth-order valence-corrected chi connectivity index (χ4v) is 4.87. The van der Waals surface area contributed by atoms with Gasteiger partial charge in [-0.25, -0.2) is 4.98 Å². The lowest BCUT2D eigenvalue weighted by atomic mass is 10.1. The van der Waals surface area contributed by atoms with E-state index in [0.29, 0.717) is 6.04 Å². The van der Waals surface area contributed by atoms with Gasteiger partial charge in [-0.15, -0.1) is 22.7 Å². The molecule has 0 bridgehead atoms. The highest BCUT2D eigenvalue weighted by atomic mass is 32.1. The van der Waals surface area contributed by atoms with Crippen molar-refractivity contribution in [2.24, 2.45) is 4.99 Å². The second kappa shape index (κ2) is 8.68. The van der Waals surface area contributed by atoms with E-state index < -0.39 is 0 Å². The van der Waals surface area contributed by atoms with E-state index in [4.69, 9.17) is 0 Å². The summed E-state index contributed by atoms with van der Waals surface area (Å²) in [6.07, 6.45) is 1.79. The molecule has 2 aromatic heterocycles. The van der Waals surface area contributed by atoms with Crippen molar-refractivity contribution in [1.82, 2.24) is 4.98 Å². The predicted molar refractivity (Wildman–Crippen MR) is 103 cm³/mol. The Kier molecular flexibility index (Phi) is 6.32. The highest BCUT2D eigenvalue weighted by Gasteiger charge is 2.29. The van der Waals surface area contributed by atoms with Crippen LogP contribution in [0.3, 0.4) is 0 Å². The van der Waals surface area contributed by atoms with Gasteiger partial charge in [0.25, 0.3) is 0 Å². The van der Waals surface area contributed by atoms with Crippen LogP contribution in [0.1, 0.15) is 27.5 Å². The highest BCUT2D eigenvalue weighted by Crippen LogP contribution is 2.19. The minimum Gasteiger partial charge on any atom is -0.328 e. The minimum absolute atomic E-state index is 0.338. The van der Waals surface area contributed by atoms with Crippen molar-refractivity contribution in [3.8, 4) is 6.07 Å². The van der Waals surface area contributed by atoms with Crippen molar-refractivity contribution >= 4 is 28.9 Å². The number of aliphatic imine (C=N–C) groups is 1. The number of thiophene rings is 1. The highest BCUT2D eigenvalue weighted by molar-refractivity contribution is 7.10. The summed E-state index contributed by atoms with van der Waals surface area (Å²) in [5.74, 6) is -0.338. The maximum Gasteiger partial charge on any atom is 0.142 e. The third-order valence-corrected chi connectivity index (χ3v) is 6.74. The topological polar surface area (TPSA) is 57.9 Å². The van der Waals surface area contributed by atoms with Crippen molar-refractivity contribution in [3.63, 3.8) is 0 Å². The Morgan fingerprint density at radius 1 is 1.36 bits per heavy atom. The molecule has 2 aromatic rings. The second-order valence-electron chi connectivity index (χ2n) is 6.63. The molecule has 0 radical (unpaired) electrons. The van der Waals surface area contributed by atoms with E-state index in [1.807, 2.05) is 23.6 Å². The van der Waals surface area contributed by atoms with Crippen molar-refractivity contribution in [2.75, 3.05) is 39.8 Å². The third-order valence-electron chi connectivity index (χ3n) is 4.71. The van der Waals surface area contributed by atoms with Crippen LogP contribution in [-0.2, 0) is 0 Å². The number of thiazole rings is 1. The van der Waals surface area contributed by atoms with Crippen LogP contribution in [0.4, 0.5) is 0 Å². The summed E-state index contributed by atoms with van der Waals surface area (Å²) in [5, 5.41) is 14.4.